The summed E-state index contributed by atoms with van der Waals surface area (Å²) in [6, 6.07) is 11.6. The molecule has 0 radical (unpaired) electrons. The molecule has 2 unspecified atom stereocenters. The van der Waals surface area contributed by atoms with E-state index in [1.165, 1.54) is 10.9 Å². The van der Waals surface area contributed by atoms with Gasteiger partial charge < -0.3 is 5.73 Å². The number of nitrogens with zero attached hydrogens (tertiary/aromatic N) is 2. The molecule has 2 N–H and O–H groups in total. The standard InChI is InChI=1S/C16H21N3/c1-11-3-5-14-9-13(4-6-16(14)18-11)10-19-8-7-15(17)12(19)2/h3-6,9,12,15H,7-8,10,17H2,1-2H3. The quantitative estimate of drug-likeness (QED) is 0.896. The molecular formula is C16H21N3. The number of fused-ring (bicyclic) bond motifs is 1. The average molecular weight is 255 g/mol. The number of hydrogen-bond donors (Lipinski definition) is 1. The second-order valence-electron chi connectivity index (χ2n) is 5.64. The Balaban J connectivity index is 1.84. The summed E-state index contributed by atoms with van der Waals surface area (Å²) in [7, 11) is 0. The van der Waals surface area contributed by atoms with Gasteiger partial charge in [0.05, 0.1) is 5.52 Å². The van der Waals surface area contributed by atoms with Crippen molar-refractivity contribution in [3.05, 3.63) is 41.6 Å². The second kappa shape index (κ2) is 4.91. The number of aromatic nitrogens is 1. The first-order chi connectivity index (χ1) is 9.13. The van der Waals surface area contributed by atoms with Crippen LogP contribution in [0.4, 0.5) is 0 Å². The predicted octanol–water partition coefficient (Wildman–Crippen LogP) is 2.46. The molecule has 0 bridgehead atoms. The third kappa shape index (κ3) is 2.48. The van der Waals surface area contributed by atoms with E-state index in [1.54, 1.807) is 0 Å². The van der Waals surface area contributed by atoms with Gasteiger partial charge in [0.1, 0.15) is 0 Å². The first-order valence-corrected chi connectivity index (χ1v) is 6.99. The maximum absolute atomic E-state index is 6.08. The minimum absolute atomic E-state index is 0.324. The molecule has 1 aromatic carbocycles. The number of aryl methyl sites for hydroxylation is 1. The van der Waals surface area contributed by atoms with E-state index in [9.17, 15) is 0 Å². The lowest BCUT2D eigenvalue weighted by molar-refractivity contribution is 0.252. The van der Waals surface area contributed by atoms with Crippen LogP contribution in [0.1, 0.15) is 24.6 Å². The third-order valence-electron chi connectivity index (χ3n) is 4.22. The van der Waals surface area contributed by atoms with Crippen molar-refractivity contribution in [2.75, 3.05) is 6.54 Å². The molecule has 2 atom stereocenters. The molecule has 1 fully saturated rings. The van der Waals surface area contributed by atoms with E-state index >= 15 is 0 Å². The summed E-state index contributed by atoms with van der Waals surface area (Å²) < 4.78 is 0. The van der Waals surface area contributed by atoms with Crippen molar-refractivity contribution >= 4 is 10.9 Å². The highest BCUT2D eigenvalue weighted by atomic mass is 15.2. The minimum atomic E-state index is 0.324. The van der Waals surface area contributed by atoms with Gasteiger partial charge in [0, 0.05) is 36.3 Å². The number of likely N-dealkylation sites (tertiary alicyclic amines) is 1. The van der Waals surface area contributed by atoms with Crippen LogP contribution in [-0.2, 0) is 6.54 Å². The summed E-state index contributed by atoms with van der Waals surface area (Å²) in [5, 5.41) is 1.22. The molecular weight excluding hydrogens is 234 g/mol. The summed E-state index contributed by atoms with van der Waals surface area (Å²) in [6.45, 7) is 6.34. The predicted molar refractivity (Wildman–Crippen MR) is 78.9 cm³/mol. The fourth-order valence-corrected chi connectivity index (χ4v) is 2.86. The molecule has 2 aromatic rings. The van der Waals surface area contributed by atoms with Crippen LogP contribution in [0.5, 0.6) is 0 Å². The van der Waals surface area contributed by atoms with E-state index in [4.69, 9.17) is 5.73 Å². The van der Waals surface area contributed by atoms with E-state index < -0.39 is 0 Å². The summed E-state index contributed by atoms with van der Waals surface area (Å²) in [5.74, 6) is 0. The largest absolute Gasteiger partial charge is 0.326 e. The molecule has 3 nitrogen and oxygen atoms in total. The Kier molecular flexibility index (Phi) is 3.25. The smallest absolute Gasteiger partial charge is 0.0705 e. The number of rotatable bonds is 2. The minimum Gasteiger partial charge on any atom is -0.326 e. The van der Waals surface area contributed by atoms with Gasteiger partial charge in [-0.15, -0.1) is 0 Å². The first kappa shape index (κ1) is 12.6. The van der Waals surface area contributed by atoms with Crippen LogP contribution in [0.2, 0.25) is 0 Å². The maximum atomic E-state index is 6.08. The van der Waals surface area contributed by atoms with E-state index in [-0.39, 0.29) is 0 Å². The van der Waals surface area contributed by atoms with Crippen LogP contribution in [-0.4, -0.2) is 28.5 Å². The lowest BCUT2D eigenvalue weighted by Crippen LogP contribution is -2.36. The second-order valence-corrected chi connectivity index (χ2v) is 5.64. The molecule has 3 rings (SSSR count). The molecule has 100 valence electrons. The van der Waals surface area contributed by atoms with Crippen molar-refractivity contribution in [3.63, 3.8) is 0 Å². The molecule has 19 heavy (non-hydrogen) atoms. The topological polar surface area (TPSA) is 42.1 Å². The van der Waals surface area contributed by atoms with Crippen LogP contribution in [0, 0.1) is 6.92 Å². The average Bonchev–Trinajstić information content (AvgIpc) is 2.71. The Labute approximate surface area is 114 Å². The highest BCUT2D eigenvalue weighted by molar-refractivity contribution is 5.79. The zero-order valence-corrected chi connectivity index (χ0v) is 11.6. The van der Waals surface area contributed by atoms with Gasteiger partial charge in [0.15, 0.2) is 0 Å². The van der Waals surface area contributed by atoms with Crippen molar-refractivity contribution in [1.82, 2.24) is 9.88 Å². The number of nitrogens with two attached hydrogens (primary N) is 1. The van der Waals surface area contributed by atoms with E-state index in [2.05, 4.69) is 47.1 Å². The Morgan fingerprint density at radius 2 is 2.16 bits per heavy atom. The lowest BCUT2D eigenvalue weighted by atomic mass is 10.1. The monoisotopic (exact) mass is 255 g/mol. The fraction of sp³-hybridized carbons (Fsp3) is 0.438. The van der Waals surface area contributed by atoms with Crippen molar-refractivity contribution in [1.29, 1.82) is 0 Å². The maximum Gasteiger partial charge on any atom is 0.0705 e. The molecule has 1 aliphatic rings. The molecule has 0 spiro atoms. The van der Waals surface area contributed by atoms with Gasteiger partial charge in [0.25, 0.3) is 0 Å². The van der Waals surface area contributed by atoms with Crippen molar-refractivity contribution in [2.24, 2.45) is 5.73 Å². The van der Waals surface area contributed by atoms with E-state index in [0.717, 1.165) is 30.7 Å². The molecule has 1 aliphatic heterocycles. The summed E-state index contributed by atoms with van der Waals surface area (Å²) in [6.07, 6.45) is 1.11. The lowest BCUT2D eigenvalue weighted by Gasteiger charge is -2.23. The Hall–Kier alpha value is -1.45. The number of benzene rings is 1. The van der Waals surface area contributed by atoms with Crippen LogP contribution in [0.3, 0.4) is 0 Å². The molecule has 0 amide bonds. The Morgan fingerprint density at radius 3 is 2.89 bits per heavy atom. The highest BCUT2D eigenvalue weighted by Crippen LogP contribution is 2.21. The van der Waals surface area contributed by atoms with Crippen LogP contribution in [0.25, 0.3) is 10.9 Å². The summed E-state index contributed by atoms with van der Waals surface area (Å²) in [5.41, 5.74) is 9.57. The molecule has 3 heteroatoms. The zero-order valence-electron chi connectivity index (χ0n) is 11.6. The Bertz CT molecular complexity index is 594. The molecule has 1 aromatic heterocycles. The normalized spacial score (nSPS) is 24.2. The Morgan fingerprint density at radius 1 is 1.32 bits per heavy atom. The molecule has 0 saturated carbocycles. The van der Waals surface area contributed by atoms with Crippen molar-refractivity contribution < 1.29 is 0 Å². The number of hydrogen-bond acceptors (Lipinski definition) is 3. The van der Waals surface area contributed by atoms with E-state index in [1.807, 2.05) is 6.92 Å². The van der Waals surface area contributed by atoms with Gasteiger partial charge in [-0.2, -0.15) is 0 Å². The number of pyridine rings is 1. The van der Waals surface area contributed by atoms with Gasteiger partial charge in [-0.25, -0.2) is 0 Å². The molecule has 1 saturated heterocycles. The van der Waals surface area contributed by atoms with Crippen LogP contribution >= 0.6 is 0 Å². The van der Waals surface area contributed by atoms with Gasteiger partial charge in [-0.05, 0) is 44.0 Å². The van der Waals surface area contributed by atoms with Gasteiger partial charge in [0.2, 0.25) is 0 Å². The molecule has 2 heterocycles. The summed E-state index contributed by atoms with van der Waals surface area (Å²) >= 11 is 0. The zero-order chi connectivity index (χ0) is 13.4. The van der Waals surface area contributed by atoms with Crippen LogP contribution in [0.15, 0.2) is 30.3 Å². The summed E-state index contributed by atoms with van der Waals surface area (Å²) in [4.78, 5) is 7.01. The van der Waals surface area contributed by atoms with Gasteiger partial charge >= 0.3 is 0 Å². The SMILES string of the molecule is Cc1ccc2cc(CN3CCC(N)C3C)ccc2n1. The van der Waals surface area contributed by atoms with Crippen LogP contribution < -0.4 is 5.73 Å². The van der Waals surface area contributed by atoms with Gasteiger partial charge in [-0.3, -0.25) is 9.88 Å². The van der Waals surface area contributed by atoms with E-state index in [0.29, 0.717) is 12.1 Å². The molecule has 0 aliphatic carbocycles. The fourth-order valence-electron chi connectivity index (χ4n) is 2.86. The highest BCUT2D eigenvalue weighted by Gasteiger charge is 2.27. The first-order valence-electron chi connectivity index (χ1n) is 6.99. The van der Waals surface area contributed by atoms with Gasteiger partial charge in [-0.1, -0.05) is 12.1 Å². The third-order valence-corrected chi connectivity index (χ3v) is 4.22. The van der Waals surface area contributed by atoms with Crippen molar-refractivity contribution in [3.8, 4) is 0 Å². The van der Waals surface area contributed by atoms with Crippen molar-refractivity contribution in [2.45, 2.75) is 38.9 Å².